The lowest BCUT2D eigenvalue weighted by Crippen LogP contribution is -2.26. The number of hydrogen-bond donors (Lipinski definition) is 0. The molecule has 0 N–H and O–H groups in total. The Morgan fingerprint density at radius 1 is 0.282 bits per heavy atom. The summed E-state index contributed by atoms with van der Waals surface area (Å²) in [5, 5.41) is 7.20. The molecule has 0 amide bonds. The van der Waals surface area contributed by atoms with Crippen LogP contribution < -0.4 is 4.90 Å². The molecule has 0 saturated heterocycles. The summed E-state index contributed by atoms with van der Waals surface area (Å²) in [4.78, 5) is 2.46. The Morgan fingerprint density at radius 2 is 0.732 bits per heavy atom. The summed E-state index contributed by atoms with van der Waals surface area (Å²) in [5.74, 6) is 0. The second-order valence-electron chi connectivity index (χ2n) is 19.2. The molecule has 0 unspecified atom stereocenters. The van der Waals surface area contributed by atoms with Crippen LogP contribution in [-0.4, -0.2) is 0 Å². The minimum atomic E-state index is -0.448. The molecule has 15 rings (SSSR count). The van der Waals surface area contributed by atoms with Gasteiger partial charge >= 0.3 is 0 Å². The van der Waals surface area contributed by atoms with Crippen molar-refractivity contribution in [2.75, 3.05) is 4.90 Å². The van der Waals surface area contributed by atoms with Gasteiger partial charge in [-0.3, -0.25) is 0 Å². The van der Waals surface area contributed by atoms with Crippen LogP contribution in [0.1, 0.15) is 22.3 Å². The first-order chi connectivity index (χ1) is 35.2. The third-order valence-electron chi connectivity index (χ3n) is 15.5. The Bertz CT molecular complexity index is 4240. The van der Waals surface area contributed by atoms with Crippen LogP contribution in [0.3, 0.4) is 0 Å². The fourth-order valence-electron chi connectivity index (χ4n) is 12.2. The van der Waals surface area contributed by atoms with Crippen molar-refractivity contribution in [1.82, 2.24) is 0 Å². The zero-order valence-corrected chi connectivity index (χ0v) is 38.7. The van der Waals surface area contributed by atoms with Gasteiger partial charge in [-0.05, 0) is 155 Å². The molecule has 13 aromatic rings. The molecule has 0 fully saturated rings. The van der Waals surface area contributed by atoms with Crippen molar-refractivity contribution in [1.29, 1.82) is 0 Å². The molecule has 1 heterocycles. The topological polar surface area (TPSA) is 16.4 Å². The van der Waals surface area contributed by atoms with Crippen LogP contribution in [0.4, 0.5) is 17.1 Å². The second kappa shape index (κ2) is 15.4. The lowest BCUT2D eigenvalue weighted by molar-refractivity contribution is 0.669. The van der Waals surface area contributed by atoms with Crippen molar-refractivity contribution in [3.05, 3.63) is 283 Å². The predicted molar refractivity (Wildman–Crippen MR) is 296 cm³/mol. The SMILES string of the molecule is c1ccc2c(c1)-c1ccccc1C21c2ccccc2-c2c(N(c3ccc(-c4ccc(-c5ccc6cc(-c7ccc8ccccc8c7)ccc6c5)cc4)cc3)c3ccc4oc5ccccc5c4c3)cccc21. The maximum Gasteiger partial charge on any atom is 0.135 e. The summed E-state index contributed by atoms with van der Waals surface area (Å²) in [7, 11) is 0. The van der Waals surface area contributed by atoms with Crippen LogP contribution in [0.15, 0.2) is 265 Å². The van der Waals surface area contributed by atoms with E-state index in [4.69, 9.17) is 4.42 Å². The minimum absolute atomic E-state index is 0.448. The molecule has 2 aliphatic carbocycles. The van der Waals surface area contributed by atoms with Crippen molar-refractivity contribution in [2.24, 2.45) is 0 Å². The monoisotopic (exact) mass is 901 g/mol. The molecule has 0 saturated carbocycles. The Balaban J connectivity index is 0.820. The van der Waals surface area contributed by atoms with Crippen molar-refractivity contribution >= 4 is 60.5 Å². The fourth-order valence-corrected chi connectivity index (χ4v) is 12.2. The number of para-hydroxylation sites is 1. The van der Waals surface area contributed by atoms with Crippen molar-refractivity contribution < 1.29 is 4.42 Å². The predicted octanol–water partition coefficient (Wildman–Crippen LogP) is 18.7. The maximum absolute atomic E-state index is 6.38. The first kappa shape index (κ1) is 39.7. The summed E-state index contributed by atoms with van der Waals surface area (Å²) < 4.78 is 6.38. The minimum Gasteiger partial charge on any atom is -0.456 e. The van der Waals surface area contributed by atoms with E-state index in [1.54, 1.807) is 0 Å². The van der Waals surface area contributed by atoms with Crippen LogP contribution in [0.5, 0.6) is 0 Å². The number of fused-ring (bicyclic) bond motifs is 15. The molecule has 0 aliphatic heterocycles. The molecule has 1 spiro atoms. The molecule has 2 heteroatoms. The van der Waals surface area contributed by atoms with Gasteiger partial charge < -0.3 is 9.32 Å². The second-order valence-corrected chi connectivity index (χ2v) is 19.2. The van der Waals surface area contributed by atoms with Crippen LogP contribution in [-0.2, 0) is 5.41 Å². The average molecular weight is 902 g/mol. The molecule has 0 radical (unpaired) electrons. The van der Waals surface area contributed by atoms with Gasteiger partial charge in [-0.15, -0.1) is 0 Å². The highest BCUT2D eigenvalue weighted by Crippen LogP contribution is 2.64. The lowest BCUT2D eigenvalue weighted by atomic mass is 9.70. The van der Waals surface area contributed by atoms with E-state index in [0.717, 1.165) is 44.6 Å². The molecular weight excluding hydrogens is 859 g/mol. The van der Waals surface area contributed by atoms with Gasteiger partial charge in [0.05, 0.1) is 11.1 Å². The Hall–Kier alpha value is -9.24. The lowest BCUT2D eigenvalue weighted by Gasteiger charge is -2.31. The molecule has 1 aromatic heterocycles. The molecule has 2 nitrogen and oxygen atoms in total. The maximum atomic E-state index is 6.38. The van der Waals surface area contributed by atoms with E-state index in [1.165, 1.54) is 93.9 Å². The van der Waals surface area contributed by atoms with E-state index in [-0.39, 0.29) is 0 Å². The Morgan fingerprint density at radius 3 is 1.41 bits per heavy atom. The van der Waals surface area contributed by atoms with Gasteiger partial charge in [0, 0.05) is 27.7 Å². The summed E-state index contributed by atoms with van der Waals surface area (Å²) in [6, 6.07) is 96.1. The van der Waals surface area contributed by atoms with E-state index in [0.29, 0.717) is 0 Å². The smallest absolute Gasteiger partial charge is 0.135 e. The number of hydrogen-bond acceptors (Lipinski definition) is 2. The standard InChI is InChI=1S/C69H43NO/c1-2-13-48-40-50(29-28-44(48)12-1)53-33-32-51-41-49(30-31-52(51)42-53)47-26-24-45(25-27-47)46-34-36-54(37-35-46)70(55-38-39-67-60(43-55)58-16-6-10-23-66(58)71-67)65-22-11-21-64-68(65)59-17-5-9-20-63(59)69(64)61-18-7-3-14-56(61)57-15-4-8-19-62(57)69/h1-43H. The largest absolute Gasteiger partial charge is 0.456 e. The quantitative estimate of drug-likeness (QED) is 0.165. The highest BCUT2D eigenvalue weighted by Gasteiger charge is 2.52. The fraction of sp³-hybridized carbons (Fsp3) is 0.0145. The number of benzene rings is 12. The summed E-state index contributed by atoms with van der Waals surface area (Å²) in [5.41, 5.74) is 22.3. The first-order valence-corrected chi connectivity index (χ1v) is 24.6. The molecule has 12 aromatic carbocycles. The number of rotatable bonds is 6. The van der Waals surface area contributed by atoms with Gasteiger partial charge in [0.2, 0.25) is 0 Å². The van der Waals surface area contributed by atoms with Crippen LogP contribution in [0.25, 0.3) is 99.1 Å². The van der Waals surface area contributed by atoms with E-state index < -0.39 is 5.41 Å². The molecule has 0 bridgehead atoms. The highest BCUT2D eigenvalue weighted by molar-refractivity contribution is 6.08. The van der Waals surface area contributed by atoms with Crippen molar-refractivity contribution in [2.45, 2.75) is 5.41 Å². The van der Waals surface area contributed by atoms with Crippen LogP contribution in [0.2, 0.25) is 0 Å². The summed E-state index contributed by atoms with van der Waals surface area (Å²) >= 11 is 0. The summed E-state index contributed by atoms with van der Waals surface area (Å²) in [6.07, 6.45) is 0. The van der Waals surface area contributed by atoms with E-state index in [1.807, 2.05) is 6.07 Å². The summed E-state index contributed by atoms with van der Waals surface area (Å²) in [6.45, 7) is 0. The van der Waals surface area contributed by atoms with Gasteiger partial charge in [0.15, 0.2) is 0 Å². The third-order valence-corrected chi connectivity index (χ3v) is 15.5. The molecular formula is C69H43NO. The average Bonchev–Trinajstić information content (AvgIpc) is 4.07. The van der Waals surface area contributed by atoms with Gasteiger partial charge in [0.25, 0.3) is 0 Å². The van der Waals surface area contributed by atoms with Gasteiger partial charge in [-0.25, -0.2) is 0 Å². The van der Waals surface area contributed by atoms with Crippen LogP contribution in [0, 0.1) is 0 Å². The van der Waals surface area contributed by atoms with E-state index in [2.05, 4.69) is 260 Å². The van der Waals surface area contributed by atoms with Gasteiger partial charge in [-0.2, -0.15) is 0 Å². The van der Waals surface area contributed by atoms with Gasteiger partial charge in [0.1, 0.15) is 11.2 Å². The normalized spacial score (nSPS) is 12.9. The van der Waals surface area contributed by atoms with E-state index >= 15 is 0 Å². The third kappa shape index (κ3) is 5.95. The van der Waals surface area contributed by atoms with Crippen LogP contribution >= 0.6 is 0 Å². The van der Waals surface area contributed by atoms with Crippen molar-refractivity contribution in [3.63, 3.8) is 0 Å². The number of nitrogens with zero attached hydrogens (tertiary/aromatic N) is 1. The zero-order valence-electron chi connectivity index (χ0n) is 38.7. The molecule has 0 atom stereocenters. The molecule has 71 heavy (non-hydrogen) atoms. The van der Waals surface area contributed by atoms with Gasteiger partial charge in [-0.1, -0.05) is 200 Å². The molecule has 330 valence electrons. The van der Waals surface area contributed by atoms with Crippen molar-refractivity contribution in [3.8, 4) is 55.6 Å². The Kier molecular flexibility index (Phi) is 8.61. The number of furan rings is 1. The Labute approximate surface area is 412 Å². The molecule has 2 aliphatic rings. The highest BCUT2D eigenvalue weighted by atomic mass is 16.3. The van der Waals surface area contributed by atoms with E-state index in [9.17, 15) is 0 Å². The number of anilines is 3. The first-order valence-electron chi connectivity index (χ1n) is 24.6. The zero-order chi connectivity index (χ0) is 46.6.